The Hall–Kier alpha value is -0.820. The summed E-state index contributed by atoms with van der Waals surface area (Å²) in [5.41, 5.74) is -0.728. The number of nitrogens with zero attached hydrogens (tertiary/aromatic N) is 1. The van der Waals surface area contributed by atoms with Gasteiger partial charge >= 0.3 is 0 Å². The Morgan fingerprint density at radius 3 is 2.65 bits per heavy atom. The summed E-state index contributed by atoms with van der Waals surface area (Å²) in [4.78, 5) is 14.7. The van der Waals surface area contributed by atoms with E-state index < -0.39 is 35.9 Å². The van der Waals surface area contributed by atoms with E-state index in [2.05, 4.69) is 18.2 Å². The molecule has 4 N–H and O–H groups in total. The third kappa shape index (κ3) is 4.53. The minimum atomic E-state index is -1.39. The molecule has 2 fully saturated rings. The topological polar surface area (TPSA) is 102 Å². The van der Waals surface area contributed by atoms with E-state index in [-0.39, 0.29) is 11.9 Å². The van der Waals surface area contributed by atoms with Gasteiger partial charge in [-0.1, -0.05) is 19.3 Å². The molecule has 8 heteroatoms. The molecule has 2 saturated heterocycles. The summed E-state index contributed by atoms with van der Waals surface area (Å²) in [6, 6.07) is -1.16. The highest BCUT2D eigenvalue weighted by molar-refractivity contribution is 7.99. The molecule has 148 valence electrons. The highest BCUT2D eigenvalue weighted by Crippen LogP contribution is 2.29. The van der Waals surface area contributed by atoms with Crippen LogP contribution in [0.4, 0.5) is 0 Å². The van der Waals surface area contributed by atoms with Crippen LogP contribution in [-0.4, -0.2) is 87.9 Å². The lowest BCUT2D eigenvalue weighted by Gasteiger charge is -2.42. The molecule has 1 amide bonds. The second-order valence-corrected chi connectivity index (χ2v) is 8.11. The number of rotatable bonds is 6. The summed E-state index contributed by atoms with van der Waals surface area (Å²) in [6.07, 6.45) is 5.25. The molecule has 0 aromatic carbocycles. The standard InChI is InChI=1S/C18H30N2O5S/c1-5-7-10-8-12(20(3)9-10)17(24)19-11(6-2)16-14(22)13(21)15(23)18(25-16)26-4/h2,10-16,18,21-23H,5,7-9H2,1,3-4H3,(H,19,24)/t10-,11-,12+,13?,14?,15?,16?,18?/m1/s1. The van der Waals surface area contributed by atoms with Crippen LogP contribution in [0, 0.1) is 18.3 Å². The van der Waals surface area contributed by atoms with Crippen molar-refractivity contribution < 1.29 is 24.9 Å². The van der Waals surface area contributed by atoms with Crippen molar-refractivity contribution >= 4 is 17.7 Å². The number of carbonyl (C=O) groups is 1. The SMILES string of the molecule is C#C[C@@H](NC(=O)[C@@H]1C[C@@H](CCC)CN1C)C1OC(SC)C(O)C(O)C1O. The minimum Gasteiger partial charge on any atom is -0.387 e. The average molecular weight is 387 g/mol. The van der Waals surface area contributed by atoms with Crippen LogP contribution in [0.3, 0.4) is 0 Å². The lowest BCUT2D eigenvalue weighted by Crippen LogP contribution is -2.63. The Kier molecular flexibility index (Phi) is 7.76. The maximum atomic E-state index is 12.7. The monoisotopic (exact) mass is 386 g/mol. The van der Waals surface area contributed by atoms with Crippen LogP contribution in [0.2, 0.25) is 0 Å². The number of hydrogen-bond donors (Lipinski definition) is 4. The van der Waals surface area contributed by atoms with E-state index >= 15 is 0 Å². The minimum absolute atomic E-state index is 0.203. The van der Waals surface area contributed by atoms with Crippen LogP contribution in [0.1, 0.15) is 26.2 Å². The van der Waals surface area contributed by atoms with Gasteiger partial charge in [-0.3, -0.25) is 9.69 Å². The number of amides is 1. The number of likely N-dealkylation sites (N-methyl/N-ethyl adjacent to an activating group) is 1. The number of terminal acetylenes is 1. The molecule has 0 aliphatic carbocycles. The van der Waals surface area contributed by atoms with Crippen molar-refractivity contribution in [3.05, 3.63) is 0 Å². The van der Waals surface area contributed by atoms with Gasteiger partial charge in [0.15, 0.2) is 0 Å². The maximum absolute atomic E-state index is 12.7. The van der Waals surface area contributed by atoms with E-state index in [1.54, 1.807) is 6.26 Å². The van der Waals surface area contributed by atoms with E-state index in [4.69, 9.17) is 11.2 Å². The molecular weight excluding hydrogens is 356 g/mol. The van der Waals surface area contributed by atoms with Gasteiger partial charge in [-0.15, -0.1) is 18.2 Å². The summed E-state index contributed by atoms with van der Waals surface area (Å²) in [5, 5.41) is 33.1. The molecule has 2 heterocycles. The molecular formula is C18H30N2O5S. The lowest BCUT2D eigenvalue weighted by molar-refractivity contribution is -0.201. The summed E-state index contributed by atoms with van der Waals surface area (Å²) >= 11 is 1.21. The fraction of sp³-hybridized carbons (Fsp3) is 0.833. The Morgan fingerprint density at radius 2 is 2.08 bits per heavy atom. The number of aliphatic hydroxyl groups excluding tert-OH is 3. The van der Waals surface area contributed by atoms with E-state index in [9.17, 15) is 20.1 Å². The second-order valence-electron chi connectivity index (χ2n) is 7.18. The fourth-order valence-electron chi connectivity index (χ4n) is 3.84. The molecule has 2 rings (SSSR count). The summed E-state index contributed by atoms with van der Waals surface area (Å²) in [7, 11) is 1.92. The highest BCUT2D eigenvalue weighted by Gasteiger charge is 2.47. The zero-order chi connectivity index (χ0) is 19.4. The van der Waals surface area contributed by atoms with Crippen molar-refractivity contribution in [3.8, 4) is 12.3 Å². The van der Waals surface area contributed by atoms with Crippen molar-refractivity contribution in [1.82, 2.24) is 10.2 Å². The summed E-state index contributed by atoms with van der Waals surface area (Å²) < 4.78 is 5.67. The Morgan fingerprint density at radius 1 is 1.38 bits per heavy atom. The predicted molar refractivity (Wildman–Crippen MR) is 100 cm³/mol. The molecule has 26 heavy (non-hydrogen) atoms. The third-order valence-corrected chi connectivity index (χ3v) is 6.13. The number of hydrogen-bond acceptors (Lipinski definition) is 7. The normalized spacial score (nSPS) is 39.3. The van der Waals surface area contributed by atoms with Crippen LogP contribution in [0.15, 0.2) is 0 Å². The molecule has 0 aromatic heterocycles. The molecule has 0 aromatic rings. The quantitative estimate of drug-likeness (QED) is 0.452. The number of likely N-dealkylation sites (tertiary alicyclic amines) is 1. The van der Waals surface area contributed by atoms with Gasteiger partial charge in [-0.2, -0.15) is 0 Å². The predicted octanol–water partition coefficient (Wildman–Crippen LogP) is -0.605. The number of ether oxygens (including phenoxy) is 1. The molecule has 2 aliphatic heterocycles. The zero-order valence-corrected chi connectivity index (χ0v) is 16.4. The second kappa shape index (κ2) is 9.40. The zero-order valence-electron chi connectivity index (χ0n) is 15.5. The van der Waals surface area contributed by atoms with Crippen LogP contribution >= 0.6 is 11.8 Å². The molecule has 0 radical (unpaired) electrons. The van der Waals surface area contributed by atoms with Crippen LogP contribution < -0.4 is 5.32 Å². The van der Waals surface area contributed by atoms with Crippen molar-refractivity contribution in [1.29, 1.82) is 0 Å². The lowest BCUT2D eigenvalue weighted by atomic mass is 9.94. The van der Waals surface area contributed by atoms with E-state index in [0.29, 0.717) is 5.92 Å². The first kappa shape index (κ1) is 21.5. The Balaban J connectivity index is 2.04. The molecule has 7 nitrogen and oxygen atoms in total. The first-order valence-electron chi connectivity index (χ1n) is 9.03. The molecule has 5 unspecified atom stereocenters. The van der Waals surface area contributed by atoms with Gasteiger partial charge in [-0.25, -0.2) is 0 Å². The first-order chi connectivity index (χ1) is 12.3. The van der Waals surface area contributed by atoms with Crippen molar-refractivity contribution in [2.24, 2.45) is 5.92 Å². The fourth-order valence-corrected chi connectivity index (χ4v) is 4.52. The largest absolute Gasteiger partial charge is 0.387 e. The number of carbonyl (C=O) groups excluding carboxylic acids is 1. The Labute approximate surface area is 159 Å². The van der Waals surface area contributed by atoms with E-state index in [0.717, 1.165) is 25.8 Å². The molecule has 2 aliphatic rings. The number of aliphatic hydroxyl groups is 3. The highest BCUT2D eigenvalue weighted by atomic mass is 32.2. The summed E-state index contributed by atoms with van der Waals surface area (Å²) in [5.74, 6) is 2.73. The van der Waals surface area contributed by atoms with Gasteiger partial charge in [0.05, 0.1) is 6.04 Å². The van der Waals surface area contributed by atoms with E-state index in [1.807, 2.05) is 11.9 Å². The van der Waals surface area contributed by atoms with Crippen molar-refractivity contribution in [2.75, 3.05) is 19.8 Å². The van der Waals surface area contributed by atoms with Crippen LogP contribution in [-0.2, 0) is 9.53 Å². The van der Waals surface area contributed by atoms with Crippen LogP contribution in [0.5, 0.6) is 0 Å². The maximum Gasteiger partial charge on any atom is 0.238 e. The molecule has 0 bridgehead atoms. The van der Waals surface area contributed by atoms with Crippen LogP contribution in [0.25, 0.3) is 0 Å². The van der Waals surface area contributed by atoms with Crippen molar-refractivity contribution in [3.63, 3.8) is 0 Å². The van der Waals surface area contributed by atoms with Gasteiger partial charge in [0, 0.05) is 6.54 Å². The summed E-state index contributed by atoms with van der Waals surface area (Å²) in [6.45, 7) is 3.00. The molecule has 0 spiro atoms. The van der Waals surface area contributed by atoms with E-state index in [1.165, 1.54) is 11.8 Å². The Bertz CT molecular complexity index is 526. The number of nitrogens with one attached hydrogen (secondary N) is 1. The third-order valence-electron chi connectivity index (χ3n) is 5.28. The van der Waals surface area contributed by atoms with Crippen molar-refractivity contribution in [2.45, 2.75) is 68.1 Å². The smallest absolute Gasteiger partial charge is 0.238 e. The number of thioether (sulfide) groups is 1. The van der Waals surface area contributed by atoms with Gasteiger partial charge in [0.1, 0.15) is 35.9 Å². The average Bonchev–Trinajstić information content (AvgIpc) is 2.99. The first-order valence-corrected chi connectivity index (χ1v) is 10.3. The molecule has 8 atom stereocenters. The van der Waals surface area contributed by atoms with Gasteiger partial charge < -0.3 is 25.4 Å². The van der Waals surface area contributed by atoms with Gasteiger partial charge in [0.2, 0.25) is 5.91 Å². The van der Waals surface area contributed by atoms with Gasteiger partial charge in [0.25, 0.3) is 0 Å². The molecule has 0 saturated carbocycles. The van der Waals surface area contributed by atoms with Gasteiger partial charge in [-0.05, 0) is 32.1 Å².